The second kappa shape index (κ2) is 6.45. The Bertz CT molecular complexity index is 383. The Morgan fingerprint density at radius 2 is 2.06 bits per heavy atom. The van der Waals surface area contributed by atoms with Crippen LogP contribution in [0.5, 0.6) is 5.75 Å². The Balaban J connectivity index is 2.44. The molecule has 0 unspecified atom stereocenters. The molecule has 0 aliphatic heterocycles. The van der Waals surface area contributed by atoms with E-state index < -0.39 is 0 Å². The quantitative estimate of drug-likeness (QED) is 0.762. The lowest BCUT2D eigenvalue weighted by molar-refractivity contribution is 0.344. The van der Waals surface area contributed by atoms with Gasteiger partial charge >= 0.3 is 0 Å². The molecule has 1 rings (SSSR count). The number of rotatable bonds is 6. The molecule has 0 bridgehead atoms. The Hall–Kier alpha value is -1.28. The van der Waals surface area contributed by atoms with E-state index in [9.17, 15) is 0 Å². The van der Waals surface area contributed by atoms with Crippen LogP contribution in [0.25, 0.3) is 0 Å². The van der Waals surface area contributed by atoms with Crippen LogP contribution >= 0.6 is 0 Å². The van der Waals surface area contributed by atoms with Gasteiger partial charge in [-0.05, 0) is 36.6 Å². The largest absolute Gasteiger partial charge is 0.489 e. The van der Waals surface area contributed by atoms with E-state index in [1.54, 1.807) is 0 Å². The lowest BCUT2D eigenvalue weighted by atomic mass is 10.1. The fraction of sp³-hybridized carbons (Fsp3) is 0.467. The van der Waals surface area contributed by atoms with Gasteiger partial charge in [-0.1, -0.05) is 32.6 Å². The van der Waals surface area contributed by atoms with Gasteiger partial charge in [0.15, 0.2) is 0 Å². The van der Waals surface area contributed by atoms with Crippen LogP contribution < -0.4 is 10.1 Å². The first-order chi connectivity index (χ1) is 7.99. The zero-order chi connectivity index (χ0) is 12.8. The minimum atomic E-state index is 0.479. The van der Waals surface area contributed by atoms with Crippen molar-refractivity contribution in [3.05, 3.63) is 41.5 Å². The molecule has 0 atom stereocenters. The zero-order valence-corrected chi connectivity index (χ0v) is 11.3. The molecule has 0 aromatic heterocycles. The van der Waals surface area contributed by atoms with E-state index in [-0.39, 0.29) is 0 Å². The molecule has 1 aromatic rings. The van der Waals surface area contributed by atoms with Gasteiger partial charge < -0.3 is 10.1 Å². The fourth-order valence-electron chi connectivity index (χ4n) is 1.44. The van der Waals surface area contributed by atoms with Gasteiger partial charge in [-0.3, -0.25) is 0 Å². The van der Waals surface area contributed by atoms with Gasteiger partial charge in [-0.15, -0.1) is 0 Å². The monoisotopic (exact) mass is 233 g/mol. The van der Waals surface area contributed by atoms with E-state index in [2.05, 4.69) is 57.8 Å². The number of ether oxygens (including phenoxy) is 1. The molecule has 94 valence electrons. The molecule has 1 aromatic carbocycles. The Morgan fingerprint density at radius 1 is 1.35 bits per heavy atom. The van der Waals surface area contributed by atoms with Crippen molar-refractivity contribution in [2.75, 3.05) is 13.2 Å². The first-order valence-corrected chi connectivity index (χ1v) is 6.09. The van der Waals surface area contributed by atoms with Crippen LogP contribution in [0.3, 0.4) is 0 Å². The number of aryl methyl sites for hydroxylation is 2. The summed E-state index contributed by atoms with van der Waals surface area (Å²) in [6.45, 7) is 13.8. The van der Waals surface area contributed by atoms with Crippen molar-refractivity contribution in [1.29, 1.82) is 0 Å². The summed E-state index contributed by atoms with van der Waals surface area (Å²) in [5.41, 5.74) is 3.45. The van der Waals surface area contributed by atoms with Crippen LogP contribution in [0.15, 0.2) is 30.4 Å². The summed E-state index contributed by atoms with van der Waals surface area (Å²) in [6, 6.07) is 6.72. The molecular formula is C15H23NO. The topological polar surface area (TPSA) is 21.3 Å². The van der Waals surface area contributed by atoms with E-state index in [0.29, 0.717) is 12.6 Å². The normalized spacial score (nSPS) is 10.6. The van der Waals surface area contributed by atoms with Gasteiger partial charge in [-0.2, -0.15) is 0 Å². The van der Waals surface area contributed by atoms with Crippen LogP contribution in [0.1, 0.15) is 25.0 Å². The molecule has 0 spiro atoms. The average molecular weight is 233 g/mol. The summed E-state index contributed by atoms with van der Waals surface area (Å²) in [5.74, 6) is 0.954. The average Bonchev–Trinajstić information content (AvgIpc) is 2.27. The summed E-state index contributed by atoms with van der Waals surface area (Å²) in [7, 11) is 0. The second-order valence-corrected chi connectivity index (χ2v) is 4.84. The molecule has 0 heterocycles. The van der Waals surface area contributed by atoms with Crippen molar-refractivity contribution >= 4 is 0 Å². The summed E-state index contributed by atoms with van der Waals surface area (Å²) in [6.07, 6.45) is 0. The molecule has 0 radical (unpaired) electrons. The SMILES string of the molecule is C=C(CNC(C)C)COc1cc(C)ccc1C. The van der Waals surface area contributed by atoms with E-state index in [0.717, 1.165) is 17.9 Å². The van der Waals surface area contributed by atoms with Gasteiger partial charge in [0.1, 0.15) is 12.4 Å². The highest BCUT2D eigenvalue weighted by molar-refractivity contribution is 5.36. The standard InChI is InChI=1S/C15H23NO/c1-11(2)16-9-13(4)10-17-15-8-12(3)6-7-14(15)5/h6-8,11,16H,4,9-10H2,1-3,5H3. The van der Waals surface area contributed by atoms with Crippen LogP contribution in [-0.2, 0) is 0 Å². The minimum Gasteiger partial charge on any atom is -0.489 e. The fourth-order valence-corrected chi connectivity index (χ4v) is 1.44. The van der Waals surface area contributed by atoms with Crippen molar-refractivity contribution < 1.29 is 4.74 Å². The first kappa shape index (κ1) is 13.8. The zero-order valence-electron chi connectivity index (χ0n) is 11.3. The highest BCUT2D eigenvalue weighted by atomic mass is 16.5. The number of hydrogen-bond acceptors (Lipinski definition) is 2. The molecule has 0 aliphatic rings. The minimum absolute atomic E-state index is 0.479. The molecule has 0 saturated carbocycles. The molecule has 0 amide bonds. The van der Waals surface area contributed by atoms with Crippen molar-refractivity contribution in [2.45, 2.75) is 33.7 Å². The number of hydrogen-bond donors (Lipinski definition) is 1. The van der Waals surface area contributed by atoms with Crippen LogP contribution in [-0.4, -0.2) is 19.2 Å². The van der Waals surface area contributed by atoms with Crippen molar-refractivity contribution in [3.8, 4) is 5.75 Å². The third-order valence-electron chi connectivity index (χ3n) is 2.54. The summed E-state index contributed by atoms with van der Waals surface area (Å²) in [5, 5.41) is 3.33. The predicted octanol–water partition coefficient (Wildman–Crippen LogP) is 3.24. The molecule has 0 saturated heterocycles. The maximum atomic E-state index is 5.77. The molecule has 2 heteroatoms. The van der Waals surface area contributed by atoms with Gasteiger partial charge in [0, 0.05) is 12.6 Å². The second-order valence-electron chi connectivity index (χ2n) is 4.84. The number of benzene rings is 1. The molecule has 17 heavy (non-hydrogen) atoms. The Morgan fingerprint density at radius 3 is 2.71 bits per heavy atom. The summed E-state index contributed by atoms with van der Waals surface area (Å²) >= 11 is 0. The van der Waals surface area contributed by atoms with Gasteiger partial charge in [0.05, 0.1) is 0 Å². The van der Waals surface area contributed by atoms with Gasteiger partial charge in [0.25, 0.3) is 0 Å². The van der Waals surface area contributed by atoms with E-state index in [1.807, 2.05) is 0 Å². The molecule has 0 aliphatic carbocycles. The number of nitrogens with one attached hydrogen (secondary N) is 1. The van der Waals surface area contributed by atoms with Crippen LogP contribution in [0, 0.1) is 13.8 Å². The van der Waals surface area contributed by atoms with Crippen molar-refractivity contribution in [2.24, 2.45) is 0 Å². The smallest absolute Gasteiger partial charge is 0.122 e. The van der Waals surface area contributed by atoms with E-state index in [4.69, 9.17) is 4.74 Å². The summed E-state index contributed by atoms with van der Waals surface area (Å²) in [4.78, 5) is 0. The lowest BCUT2D eigenvalue weighted by Crippen LogP contribution is -2.26. The highest BCUT2D eigenvalue weighted by Gasteiger charge is 2.02. The maximum absolute atomic E-state index is 5.77. The predicted molar refractivity (Wildman–Crippen MR) is 73.7 cm³/mol. The maximum Gasteiger partial charge on any atom is 0.122 e. The van der Waals surface area contributed by atoms with Crippen LogP contribution in [0.2, 0.25) is 0 Å². The Kier molecular flexibility index (Phi) is 5.23. The van der Waals surface area contributed by atoms with Gasteiger partial charge in [0.2, 0.25) is 0 Å². The van der Waals surface area contributed by atoms with Crippen molar-refractivity contribution in [1.82, 2.24) is 5.32 Å². The third kappa shape index (κ3) is 5.05. The van der Waals surface area contributed by atoms with E-state index in [1.165, 1.54) is 11.1 Å². The highest BCUT2D eigenvalue weighted by Crippen LogP contribution is 2.19. The van der Waals surface area contributed by atoms with Crippen molar-refractivity contribution in [3.63, 3.8) is 0 Å². The first-order valence-electron chi connectivity index (χ1n) is 6.09. The van der Waals surface area contributed by atoms with Gasteiger partial charge in [-0.25, -0.2) is 0 Å². The Labute approximate surface area is 105 Å². The molecule has 2 nitrogen and oxygen atoms in total. The molecule has 0 fully saturated rings. The molecular weight excluding hydrogens is 210 g/mol. The van der Waals surface area contributed by atoms with Crippen LogP contribution in [0.4, 0.5) is 0 Å². The lowest BCUT2D eigenvalue weighted by Gasteiger charge is -2.13. The van der Waals surface area contributed by atoms with E-state index >= 15 is 0 Å². The summed E-state index contributed by atoms with van der Waals surface area (Å²) < 4.78 is 5.77. The molecule has 1 N–H and O–H groups in total. The third-order valence-corrected chi connectivity index (χ3v) is 2.54.